The van der Waals surface area contributed by atoms with Gasteiger partial charge < -0.3 is 15.3 Å². The van der Waals surface area contributed by atoms with Crippen molar-refractivity contribution >= 4 is 0 Å². The summed E-state index contributed by atoms with van der Waals surface area (Å²) in [6.07, 6.45) is 6.65. The standard InChI is InChI=1S/C13H28N2O/c1-11(12-7-5-4-6-8-12)14-9-13(16)10-15(2)3/h11-14,16H,4-10H2,1-3H3/t11-,13?/m1/s1. The van der Waals surface area contributed by atoms with Crippen LogP contribution in [0.4, 0.5) is 0 Å². The Morgan fingerprint density at radius 1 is 1.25 bits per heavy atom. The van der Waals surface area contributed by atoms with Crippen LogP contribution in [0.25, 0.3) is 0 Å². The van der Waals surface area contributed by atoms with E-state index in [4.69, 9.17) is 0 Å². The Labute approximate surface area is 100 Å². The lowest BCUT2D eigenvalue weighted by Gasteiger charge is -2.29. The zero-order valence-corrected chi connectivity index (χ0v) is 11.1. The molecule has 0 amide bonds. The van der Waals surface area contributed by atoms with Crippen LogP contribution in [0.1, 0.15) is 39.0 Å². The Morgan fingerprint density at radius 2 is 1.88 bits per heavy atom. The number of likely N-dealkylation sites (N-methyl/N-ethyl adjacent to an activating group) is 1. The van der Waals surface area contributed by atoms with Crippen LogP contribution in [0.3, 0.4) is 0 Å². The lowest BCUT2D eigenvalue weighted by Crippen LogP contribution is -2.42. The summed E-state index contributed by atoms with van der Waals surface area (Å²) in [5.41, 5.74) is 0. The second-order valence-electron chi connectivity index (χ2n) is 5.51. The molecule has 0 spiro atoms. The molecule has 1 saturated carbocycles. The number of nitrogens with zero attached hydrogens (tertiary/aromatic N) is 1. The van der Waals surface area contributed by atoms with Gasteiger partial charge in [0.1, 0.15) is 0 Å². The van der Waals surface area contributed by atoms with E-state index in [1.54, 1.807) is 0 Å². The van der Waals surface area contributed by atoms with E-state index in [0.717, 1.165) is 19.0 Å². The van der Waals surface area contributed by atoms with Crippen molar-refractivity contribution in [2.75, 3.05) is 27.2 Å². The van der Waals surface area contributed by atoms with Gasteiger partial charge in [0, 0.05) is 19.1 Å². The molecular weight excluding hydrogens is 200 g/mol. The molecule has 3 heteroatoms. The number of hydrogen-bond donors (Lipinski definition) is 2. The summed E-state index contributed by atoms with van der Waals surface area (Å²) < 4.78 is 0. The van der Waals surface area contributed by atoms with Gasteiger partial charge in [-0.3, -0.25) is 0 Å². The number of nitrogens with one attached hydrogen (secondary N) is 1. The molecule has 1 fully saturated rings. The lowest BCUT2D eigenvalue weighted by atomic mass is 9.84. The van der Waals surface area contributed by atoms with Crippen LogP contribution in [0.5, 0.6) is 0 Å². The normalized spacial score (nSPS) is 22.3. The quantitative estimate of drug-likeness (QED) is 0.722. The average Bonchev–Trinajstić information content (AvgIpc) is 2.26. The van der Waals surface area contributed by atoms with Crippen LogP contribution in [-0.2, 0) is 0 Å². The Balaban J connectivity index is 2.15. The largest absolute Gasteiger partial charge is 0.390 e. The lowest BCUT2D eigenvalue weighted by molar-refractivity contribution is 0.126. The smallest absolute Gasteiger partial charge is 0.0791 e. The number of hydrogen-bond acceptors (Lipinski definition) is 3. The summed E-state index contributed by atoms with van der Waals surface area (Å²) in [6, 6.07) is 0.553. The van der Waals surface area contributed by atoms with E-state index in [0.29, 0.717) is 6.04 Å². The second-order valence-corrected chi connectivity index (χ2v) is 5.51. The maximum Gasteiger partial charge on any atom is 0.0791 e. The Bertz CT molecular complexity index is 179. The molecule has 1 aliphatic rings. The van der Waals surface area contributed by atoms with Crippen molar-refractivity contribution in [2.24, 2.45) is 5.92 Å². The third-order valence-corrected chi connectivity index (χ3v) is 3.61. The third-order valence-electron chi connectivity index (χ3n) is 3.61. The summed E-state index contributed by atoms with van der Waals surface area (Å²) in [6.45, 7) is 3.72. The van der Waals surface area contributed by atoms with Gasteiger partial charge in [-0.05, 0) is 39.8 Å². The molecule has 0 saturated heterocycles. The van der Waals surface area contributed by atoms with Gasteiger partial charge in [0.15, 0.2) is 0 Å². The van der Waals surface area contributed by atoms with Crippen LogP contribution in [0.15, 0.2) is 0 Å². The summed E-state index contributed by atoms with van der Waals surface area (Å²) in [4.78, 5) is 2.03. The van der Waals surface area contributed by atoms with E-state index in [-0.39, 0.29) is 6.10 Å². The van der Waals surface area contributed by atoms with Gasteiger partial charge in [0.05, 0.1) is 6.10 Å². The summed E-state index contributed by atoms with van der Waals surface area (Å²) in [5.74, 6) is 0.820. The Hall–Kier alpha value is -0.120. The SMILES string of the molecule is C[C@@H](NCC(O)CN(C)C)C1CCCCC1. The van der Waals surface area contributed by atoms with Crippen molar-refractivity contribution in [2.45, 2.75) is 51.2 Å². The maximum atomic E-state index is 9.76. The second kappa shape index (κ2) is 7.25. The van der Waals surface area contributed by atoms with Gasteiger partial charge in [0.25, 0.3) is 0 Å². The Morgan fingerprint density at radius 3 is 2.44 bits per heavy atom. The minimum atomic E-state index is -0.249. The molecule has 2 N–H and O–H groups in total. The van der Waals surface area contributed by atoms with E-state index in [1.165, 1.54) is 32.1 Å². The minimum Gasteiger partial charge on any atom is -0.390 e. The van der Waals surface area contributed by atoms with Crippen LogP contribution in [0.2, 0.25) is 0 Å². The fourth-order valence-electron chi connectivity index (χ4n) is 2.61. The number of aliphatic hydroxyl groups excluding tert-OH is 1. The third kappa shape index (κ3) is 5.28. The van der Waals surface area contributed by atoms with Crippen LogP contribution >= 0.6 is 0 Å². The molecule has 0 heterocycles. The molecule has 0 aromatic rings. The molecule has 0 aliphatic heterocycles. The van der Waals surface area contributed by atoms with E-state index in [9.17, 15) is 5.11 Å². The van der Waals surface area contributed by atoms with E-state index >= 15 is 0 Å². The van der Waals surface area contributed by atoms with Crippen molar-refractivity contribution in [3.05, 3.63) is 0 Å². The number of rotatable bonds is 6. The molecule has 2 atom stereocenters. The fraction of sp³-hybridized carbons (Fsp3) is 1.00. The Kier molecular flexibility index (Phi) is 6.32. The monoisotopic (exact) mass is 228 g/mol. The summed E-state index contributed by atoms with van der Waals surface area (Å²) in [5, 5.41) is 13.2. The average molecular weight is 228 g/mol. The molecule has 1 rings (SSSR count). The number of aliphatic hydroxyl groups is 1. The molecule has 0 aromatic heterocycles. The van der Waals surface area contributed by atoms with E-state index in [1.807, 2.05) is 19.0 Å². The highest BCUT2D eigenvalue weighted by molar-refractivity contribution is 4.77. The van der Waals surface area contributed by atoms with Gasteiger partial charge in [-0.15, -0.1) is 0 Å². The van der Waals surface area contributed by atoms with Crippen molar-refractivity contribution in [1.82, 2.24) is 10.2 Å². The zero-order chi connectivity index (χ0) is 12.0. The van der Waals surface area contributed by atoms with Crippen molar-refractivity contribution in [1.29, 1.82) is 0 Å². The first kappa shape index (κ1) is 13.9. The van der Waals surface area contributed by atoms with Crippen molar-refractivity contribution in [3.63, 3.8) is 0 Å². The molecule has 1 unspecified atom stereocenters. The first-order valence-electron chi connectivity index (χ1n) is 6.65. The van der Waals surface area contributed by atoms with Gasteiger partial charge in [0.2, 0.25) is 0 Å². The van der Waals surface area contributed by atoms with Crippen LogP contribution < -0.4 is 5.32 Å². The highest BCUT2D eigenvalue weighted by Gasteiger charge is 2.20. The molecule has 0 aromatic carbocycles. The van der Waals surface area contributed by atoms with Gasteiger partial charge in [-0.25, -0.2) is 0 Å². The topological polar surface area (TPSA) is 35.5 Å². The van der Waals surface area contributed by atoms with Gasteiger partial charge in [-0.1, -0.05) is 19.3 Å². The highest BCUT2D eigenvalue weighted by Crippen LogP contribution is 2.26. The van der Waals surface area contributed by atoms with E-state index < -0.39 is 0 Å². The molecule has 0 radical (unpaired) electrons. The molecular formula is C13H28N2O. The molecule has 3 nitrogen and oxygen atoms in total. The van der Waals surface area contributed by atoms with Crippen LogP contribution in [0, 0.1) is 5.92 Å². The highest BCUT2D eigenvalue weighted by atomic mass is 16.3. The van der Waals surface area contributed by atoms with E-state index in [2.05, 4.69) is 12.2 Å². The van der Waals surface area contributed by atoms with Crippen LogP contribution in [-0.4, -0.2) is 49.3 Å². The predicted octanol–water partition coefficient (Wildman–Crippen LogP) is 1.47. The summed E-state index contributed by atoms with van der Waals surface area (Å²) >= 11 is 0. The molecule has 96 valence electrons. The predicted molar refractivity (Wildman–Crippen MR) is 68.6 cm³/mol. The first-order valence-corrected chi connectivity index (χ1v) is 6.65. The molecule has 0 bridgehead atoms. The van der Waals surface area contributed by atoms with Gasteiger partial charge in [-0.2, -0.15) is 0 Å². The molecule has 1 aliphatic carbocycles. The summed E-state index contributed by atoms with van der Waals surface area (Å²) in [7, 11) is 3.99. The van der Waals surface area contributed by atoms with Crippen molar-refractivity contribution < 1.29 is 5.11 Å². The maximum absolute atomic E-state index is 9.76. The first-order chi connectivity index (χ1) is 7.59. The van der Waals surface area contributed by atoms with Gasteiger partial charge >= 0.3 is 0 Å². The van der Waals surface area contributed by atoms with Crippen molar-refractivity contribution in [3.8, 4) is 0 Å². The fourth-order valence-corrected chi connectivity index (χ4v) is 2.61. The minimum absolute atomic E-state index is 0.249. The zero-order valence-electron chi connectivity index (χ0n) is 11.1. The molecule has 16 heavy (non-hydrogen) atoms.